The smallest absolute Gasteiger partial charge is 0.339 e. The van der Waals surface area contributed by atoms with Crippen molar-refractivity contribution in [3.05, 3.63) is 33.6 Å². The Labute approximate surface area is 120 Å². The van der Waals surface area contributed by atoms with E-state index in [2.05, 4.69) is 15.3 Å². The van der Waals surface area contributed by atoms with Gasteiger partial charge in [0.1, 0.15) is 5.69 Å². The summed E-state index contributed by atoms with van der Waals surface area (Å²) in [7, 11) is 1.31. The van der Waals surface area contributed by atoms with Crippen LogP contribution in [0.2, 0.25) is 0 Å². The molecule has 106 valence electrons. The number of hydrogen-bond acceptors (Lipinski definition) is 5. The van der Waals surface area contributed by atoms with E-state index in [1.807, 2.05) is 12.3 Å². The number of anilines is 1. The van der Waals surface area contributed by atoms with Gasteiger partial charge < -0.3 is 9.72 Å². The van der Waals surface area contributed by atoms with Gasteiger partial charge in [-0.25, -0.2) is 9.78 Å². The van der Waals surface area contributed by atoms with Gasteiger partial charge >= 0.3 is 5.97 Å². The van der Waals surface area contributed by atoms with Crippen LogP contribution in [0.3, 0.4) is 0 Å². The van der Waals surface area contributed by atoms with E-state index in [-0.39, 0.29) is 5.91 Å². The number of methoxy groups -OCH3 is 1. The third-order valence-electron chi connectivity index (χ3n) is 2.89. The van der Waals surface area contributed by atoms with Gasteiger partial charge in [0, 0.05) is 11.1 Å². The number of H-pyrrole nitrogens is 1. The molecule has 0 fully saturated rings. The highest BCUT2D eigenvalue weighted by molar-refractivity contribution is 7.13. The molecule has 2 aromatic heterocycles. The van der Waals surface area contributed by atoms with E-state index in [0.29, 0.717) is 27.6 Å². The maximum Gasteiger partial charge on any atom is 0.339 e. The Morgan fingerprint density at radius 1 is 1.35 bits per heavy atom. The molecule has 0 aliphatic rings. The lowest BCUT2D eigenvalue weighted by atomic mass is 10.1. The minimum Gasteiger partial charge on any atom is -0.465 e. The molecular formula is C13H15N3O3S. The fourth-order valence-electron chi connectivity index (χ4n) is 1.96. The number of aromatic nitrogens is 2. The van der Waals surface area contributed by atoms with E-state index in [1.165, 1.54) is 18.4 Å². The lowest BCUT2D eigenvalue weighted by Gasteiger charge is -2.01. The second-order valence-electron chi connectivity index (χ2n) is 4.36. The van der Waals surface area contributed by atoms with Crippen LogP contribution in [-0.4, -0.2) is 29.0 Å². The Hall–Kier alpha value is -2.15. The first kappa shape index (κ1) is 14.3. The third kappa shape index (κ3) is 2.57. The van der Waals surface area contributed by atoms with Crippen molar-refractivity contribution >= 4 is 28.3 Å². The molecule has 1 amide bonds. The number of nitrogens with one attached hydrogen (secondary N) is 2. The molecule has 0 radical (unpaired) electrons. The van der Waals surface area contributed by atoms with Crippen LogP contribution < -0.4 is 5.32 Å². The number of esters is 1. The van der Waals surface area contributed by atoms with Crippen molar-refractivity contribution in [2.45, 2.75) is 20.8 Å². The summed E-state index contributed by atoms with van der Waals surface area (Å²) in [5.41, 5.74) is 2.76. The molecule has 0 aromatic carbocycles. The Morgan fingerprint density at radius 2 is 2.05 bits per heavy atom. The van der Waals surface area contributed by atoms with Crippen LogP contribution in [0.4, 0.5) is 5.13 Å². The predicted octanol–water partition coefficient (Wildman–Crippen LogP) is 2.44. The summed E-state index contributed by atoms with van der Waals surface area (Å²) < 4.78 is 4.71. The van der Waals surface area contributed by atoms with Gasteiger partial charge in [-0.05, 0) is 26.3 Å². The standard InChI is InChI=1S/C13H15N3O3S/c1-6-5-20-13(14-6)16-11(17)10-7(2)9(8(3)15-10)12(18)19-4/h5,15H,1-4H3,(H,14,16,17). The molecule has 0 bridgehead atoms. The second kappa shape index (κ2) is 5.46. The SMILES string of the molecule is COC(=O)c1c(C)[nH]c(C(=O)Nc2nc(C)cs2)c1C. The van der Waals surface area contributed by atoms with Gasteiger partial charge in [-0.15, -0.1) is 11.3 Å². The summed E-state index contributed by atoms with van der Waals surface area (Å²) in [6, 6.07) is 0. The summed E-state index contributed by atoms with van der Waals surface area (Å²) in [6.07, 6.45) is 0. The molecule has 2 aromatic rings. The molecule has 0 saturated carbocycles. The van der Waals surface area contributed by atoms with Crippen LogP contribution in [0.15, 0.2) is 5.38 Å². The number of rotatable bonds is 3. The van der Waals surface area contributed by atoms with Crippen molar-refractivity contribution in [3.63, 3.8) is 0 Å². The van der Waals surface area contributed by atoms with Crippen LogP contribution in [0, 0.1) is 20.8 Å². The summed E-state index contributed by atoms with van der Waals surface area (Å²) in [5.74, 6) is -0.782. The first-order valence-corrected chi connectivity index (χ1v) is 6.83. The Bertz CT molecular complexity index is 672. The van der Waals surface area contributed by atoms with Crippen LogP contribution in [-0.2, 0) is 4.74 Å². The molecule has 0 unspecified atom stereocenters. The Morgan fingerprint density at radius 3 is 2.60 bits per heavy atom. The van der Waals surface area contributed by atoms with Crippen LogP contribution in [0.1, 0.15) is 37.8 Å². The quantitative estimate of drug-likeness (QED) is 0.851. The molecule has 20 heavy (non-hydrogen) atoms. The van der Waals surface area contributed by atoms with E-state index >= 15 is 0 Å². The molecule has 2 rings (SSSR count). The fourth-order valence-corrected chi connectivity index (χ4v) is 2.64. The summed E-state index contributed by atoms with van der Waals surface area (Å²) in [4.78, 5) is 30.9. The van der Waals surface area contributed by atoms with Crippen molar-refractivity contribution in [3.8, 4) is 0 Å². The molecule has 0 saturated heterocycles. The first-order chi connectivity index (χ1) is 9.43. The van der Waals surface area contributed by atoms with Crippen molar-refractivity contribution in [1.82, 2.24) is 9.97 Å². The molecule has 6 nitrogen and oxygen atoms in total. The Balaban J connectivity index is 2.29. The van der Waals surface area contributed by atoms with Gasteiger partial charge in [-0.3, -0.25) is 10.1 Å². The van der Waals surface area contributed by atoms with Crippen molar-refractivity contribution < 1.29 is 14.3 Å². The molecule has 2 heterocycles. The van der Waals surface area contributed by atoms with Crippen molar-refractivity contribution in [2.75, 3.05) is 12.4 Å². The minimum atomic E-state index is -0.458. The van der Waals surface area contributed by atoms with Gasteiger partial charge in [0.15, 0.2) is 5.13 Å². The molecule has 0 aliphatic carbocycles. The van der Waals surface area contributed by atoms with Crippen LogP contribution >= 0.6 is 11.3 Å². The molecule has 7 heteroatoms. The molecular weight excluding hydrogens is 278 g/mol. The van der Waals surface area contributed by atoms with Crippen LogP contribution in [0.25, 0.3) is 0 Å². The maximum absolute atomic E-state index is 12.2. The Kier molecular flexibility index (Phi) is 3.89. The zero-order chi connectivity index (χ0) is 14.9. The highest BCUT2D eigenvalue weighted by atomic mass is 32.1. The van der Waals surface area contributed by atoms with Gasteiger partial charge in [-0.1, -0.05) is 0 Å². The third-order valence-corrected chi connectivity index (χ3v) is 3.77. The maximum atomic E-state index is 12.2. The van der Waals surface area contributed by atoms with Crippen molar-refractivity contribution in [2.24, 2.45) is 0 Å². The number of thiazole rings is 1. The number of aryl methyl sites for hydroxylation is 2. The number of carbonyl (C=O) groups excluding carboxylic acids is 2. The van der Waals surface area contributed by atoms with E-state index in [1.54, 1.807) is 13.8 Å². The molecule has 0 spiro atoms. The van der Waals surface area contributed by atoms with Crippen molar-refractivity contribution in [1.29, 1.82) is 0 Å². The number of hydrogen-bond donors (Lipinski definition) is 2. The number of nitrogens with zero attached hydrogens (tertiary/aromatic N) is 1. The fraction of sp³-hybridized carbons (Fsp3) is 0.308. The average Bonchev–Trinajstić information content (AvgIpc) is 2.92. The first-order valence-electron chi connectivity index (χ1n) is 5.95. The zero-order valence-electron chi connectivity index (χ0n) is 11.7. The van der Waals surface area contributed by atoms with E-state index < -0.39 is 5.97 Å². The summed E-state index contributed by atoms with van der Waals surface area (Å²) in [5, 5.41) is 5.08. The van der Waals surface area contributed by atoms with Gasteiger partial charge in [0.05, 0.1) is 18.4 Å². The number of amides is 1. The molecule has 0 aliphatic heterocycles. The summed E-state index contributed by atoms with van der Waals surface area (Å²) in [6.45, 7) is 5.28. The average molecular weight is 293 g/mol. The molecule has 2 N–H and O–H groups in total. The lowest BCUT2D eigenvalue weighted by Crippen LogP contribution is -2.14. The van der Waals surface area contributed by atoms with Gasteiger partial charge in [0.25, 0.3) is 5.91 Å². The second-order valence-corrected chi connectivity index (χ2v) is 5.22. The minimum absolute atomic E-state index is 0.324. The lowest BCUT2D eigenvalue weighted by molar-refractivity contribution is 0.0599. The largest absolute Gasteiger partial charge is 0.465 e. The highest BCUT2D eigenvalue weighted by Gasteiger charge is 2.22. The number of carbonyl (C=O) groups is 2. The van der Waals surface area contributed by atoms with Crippen LogP contribution in [0.5, 0.6) is 0 Å². The molecule has 0 atom stereocenters. The van der Waals surface area contributed by atoms with E-state index in [0.717, 1.165) is 5.69 Å². The number of aromatic amines is 1. The topological polar surface area (TPSA) is 84.1 Å². The highest BCUT2D eigenvalue weighted by Crippen LogP contribution is 2.21. The number of ether oxygens (including phenoxy) is 1. The van der Waals surface area contributed by atoms with Gasteiger partial charge in [-0.2, -0.15) is 0 Å². The van der Waals surface area contributed by atoms with E-state index in [9.17, 15) is 9.59 Å². The summed E-state index contributed by atoms with van der Waals surface area (Å²) >= 11 is 1.35. The zero-order valence-corrected chi connectivity index (χ0v) is 12.5. The monoisotopic (exact) mass is 293 g/mol. The normalized spacial score (nSPS) is 10.4. The van der Waals surface area contributed by atoms with E-state index in [4.69, 9.17) is 4.74 Å². The van der Waals surface area contributed by atoms with Gasteiger partial charge in [0.2, 0.25) is 0 Å². The predicted molar refractivity (Wildman–Crippen MR) is 76.4 cm³/mol.